The molecule has 0 rings (SSSR count). The molecule has 0 aliphatic carbocycles. The summed E-state index contributed by atoms with van der Waals surface area (Å²) in [5, 5.41) is 0. The van der Waals surface area contributed by atoms with Crippen molar-refractivity contribution in [2.75, 3.05) is 6.35 Å². The summed E-state index contributed by atoms with van der Waals surface area (Å²) in [5.41, 5.74) is 0. The summed E-state index contributed by atoms with van der Waals surface area (Å²) >= 11 is 0. The van der Waals surface area contributed by atoms with Gasteiger partial charge in [-0.05, 0) is 0 Å². The largest absolute Gasteiger partial charge is 0.476 e. The maximum Gasteiger partial charge on any atom is 0.476 e. The molecule has 14 heavy (non-hydrogen) atoms. The van der Waals surface area contributed by atoms with E-state index >= 15 is 0 Å². The zero-order valence-corrected chi connectivity index (χ0v) is 8.56. The van der Waals surface area contributed by atoms with E-state index in [2.05, 4.69) is 15.6 Å². The first-order valence-corrected chi connectivity index (χ1v) is 6.33. The molecule has 3 N–H and O–H groups in total. The van der Waals surface area contributed by atoms with E-state index in [0.29, 0.717) is 0 Å². The van der Waals surface area contributed by atoms with Crippen molar-refractivity contribution in [3.63, 3.8) is 0 Å². The average molecular weight is 246 g/mol. The van der Waals surface area contributed by atoms with E-state index in [0.717, 1.165) is 6.08 Å². The topological polar surface area (TPSA) is 130 Å². The van der Waals surface area contributed by atoms with Crippen molar-refractivity contribution in [3.05, 3.63) is 12.7 Å². The standard InChI is InChI=1S/C4H8O8P2/c1-2-4(5)11-3-13(6,7)12-14(8,9)10/h2H,1,3H2,(H,6,7)(H2,8,9,10). The molecular weight excluding hydrogens is 238 g/mol. The van der Waals surface area contributed by atoms with Gasteiger partial charge in [-0.3, -0.25) is 4.57 Å². The van der Waals surface area contributed by atoms with Gasteiger partial charge in [0, 0.05) is 6.08 Å². The van der Waals surface area contributed by atoms with Crippen LogP contribution in [0.15, 0.2) is 12.7 Å². The van der Waals surface area contributed by atoms with Crippen LogP contribution in [0, 0.1) is 0 Å². The summed E-state index contributed by atoms with van der Waals surface area (Å²) < 4.78 is 28.5. The Morgan fingerprint density at radius 1 is 1.36 bits per heavy atom. The summed E-state index contributed by atoms with van der Waals surface area (Å²) in [7, 11) is -9.72. The minimum absolute atomic E-state index is 0.720. The molecule has 0 bridgehead atoms. The smallest absolute Gasteiger partial charge is 0.450 e. The first-order valence-electron chi connectivity index (χ1n) is 3.04. The number of hydrogen-bond acceptors (Lipinski definition) is 5. The van der Waals surface area contributed by atoms with Crippen LogP contribution >= 0.6 is 15.4 Å². The fourth-order valence-corrected chi connectivity index (χ4v) is 2.20. The maximum absolute atomic E-state index is 10.8. The number of phosphoric acid groups is 1. The van der Waals surface area contributed by atoms with Gasteiger partial charge in [0.2, 0.25) is 0 Å². The Balaban J connectivity index is 4.22. The van der Waals surface area contributed by atoms with Crippen LogP contribution in [0.5, 0.6) is 0 Å². The molecule has 0 fully saturated rings. The van der Waals surface area contributed by atoms with Crippen molar-refractivity contribution in [1.29, 1.82) is 0 Å². The van der Waals surface area contributed by atoms with Crippen LogP contribution in [0.2, 0.25) is 0 Å². The van der Waals surface area contributed by atoms with Gasteiger partial charge in [-0.25, -0.2) is 13.7 Å². The van der Waals surface area contributed by atoms with Crippen LogP contribution < -0.4 is 0 Å². The second-order valence-electron chi connectivity index (χ2n) is 2.01. The van der Waals surface area contributed by atoms with Crippen LogP contribution in [0.4, 0.5) is 0 Å². The molecule has 0 aromatic carbocycles. The fourth-order valence-electron chi connectivity index (χ4n) is 0.394. The van der Waals surface area contributed by atoms with Crippen LogP contribution in [0.1, 0.15) is 0 Å². The van der Waals surface area contributed by atoms with Crippen molar-refractivity contribution in [2.24, 2.45) is 0 Å². The SMILES string of the molecule is C=CC(=O)OCP(=O)(O)OP(=O)(O)O. The monoisotopic (exact) mass is 246 g/mol. The molecule has 0 spiro atoms. The summed E-state index contributed by atoms with van der Waals surface area (Å²) in [6, 6.07) is 0. The number of carbonyl (C=O) groups is 1. The molecule has 1 atom stereocenters. The second-order valence-corrected chi connectivity index (χ2v) is 5.17. The molecule has 0 aliphatic heterocycles. The minimum Gasteiger partial charge on any atom is -0.450 e. The van der Waals surface area contributed by atoms with Crippen molar-refractivity contribution >= 4 is 21.4 Å². The Kier molecular flexibility index (Phi) is 4.67. The number of hydrogen-bond donors (Lipinski definition) is 3. The van der Waals surface area contributed by atoms with Crippen LogP contribution in [-0.2, 0) is 23.0 Å². The molecule has 0 aliphatic rings. The quantitative estimate of drug-likeness (QED) is 0.350. The lowest BCUT2D eigenvalue weighted by molar-refractivity contribution is -0.136. The molecule has 0 heterocycles. The van der Waals surface area contributed by atoms with Gasteiger partial charge in [-0.15, -0.1) is 0 Å². The first kappa shape index (κ1) is 13.5. The molecule has 0 radical (unpaired) electrons. The minimum atomic E-state index is -5.09. The Morgan fingerprint density at radius 2 is 1.86 bits per heavy atom. The molecule has 10 heteroatoms. The lowest BCUT2D eigenvalue weighted by Crippen LogP contribution is -2.03. The van der Waals surface area contributed by atoms with E-state index in [1.807, 2.05) is 0 Å². The number of carbonyl (C=O) groups excluding carboxylic acids is 1. The number of ether oxygens (including phenoxy) is 1. The van der Waals surface area contributed by atoms with Gasteiger partial charge in [-0.2, -0.15) is 0 Å². The lowest BCUT2D eigenvalue weighted by Gasteiger charge is -2.11. The van der Waals surface area contributed by atoms with Crippen molar-refractivity contribution in [2.45, 2.75) is 0 Å². The molecular formula is C4H8O8P2. The predicted molar refractivity (Wildman–Crippen MR) is 44.1 cm³/mol. The Morgan fingerprint density at radius 3 is 2.21 bits per heavy atom. The zero-order chi connectivity index (χ0) is 11.4. The normalized spacial score (nSPS) is 15.6. The number of esters is 1. The van der Waals surface area contributed by atoms with E-state index in [9.17, 15) is 13.9 Å². The van der Waals surface area contributed by atoms with Gasteiger partial charge in [0.25, 0.3) is 0 Å². The van der Waals surface area contributed by atoms with E-state index in [-0.39, 0.29) is 0 Å². The summed E-state index contributed by atoms with van der Waals surface area (Å²) in [5.74, 6) is -1.01. The van der Waals surface area contributed by atoms with Gasteiger partial charge in [0.1, 0.15) is 0 Å². The Labute approximate surface area is 78.9 Å². The zero-order valence-electron chi connectivity index (χ0n) is 6.77. The van der Waals surface area contributed by atoms with Gasteiger partial charge in [0.05, 0.1) is 0 Å². The third kappa shape index (κ3) is 6.97. The summed E-state index contributed by atoms with van der Waals surface area (Å²) in [6.45, 7) is 3.00. The highest BCUT2D eigenvalue weighted by molar-refractivity contribution is 7.63. The summed E-state index contributed by atoms with van der Waals surface area (Å²) in [4.78, 5) is 35.5. The van der Waals surface area contributed by atoms with Gasteiger partial charge < -0.3 is 19.4 Å². The molecule has 0 aromatic rings. The Hall–Kier alpha value is -0.490. The van der Waals surface area contributed by atoms with Crippen LogP contribution in [0.3, 0.4) is 0 Å². The van der Waals surface area contributed by atoms with Crippen molar-refractivity contribution in [1.82, 2.24) is 0 Å². The van der Waals surface area contributed by atoms with E-state index in [1.165, 1.54) is 0 Å². The third-order valence-electron chi connectivity index (χ3n) is 0.771. The molecule has 0 saturated heterocycles. The van der Waals surface area contributed by atoms with Gasteiger partial charge in [-0.1, -0.05) is 6.58 Å². The average Bonchev–Trinajstić information content (AvgIpc) is 1.96. The predicted octanol–water partition coefficient (Wildman–Crippen LogP) is -0.0322. The van der Waals surface area contributed by atoms with Crippen LogP contribution in [-0.4, -0.2) is 27.0 Å². The molecule has 0 amide bonds. The van der Waals surface area contributed by atoms with E-state index in [1.54, 1.807) is 0 Å². The van der Waals surface area contributed by atoms with Crippen molar-refractivity contribution < 1.29 is 37.7 Å². The van der Waals surface area contributed by atoms with E-state index < -0.39 is 27.7 Å². The highest BCUT2D eigenvalue weighted by Crippen LogP contribution is 2.56. The second kappa shape index (κ2) is 4.84. The fraction of sp³-hybridized carbons (Fsp3) is 0.250. The highest BCUT2D eigenvalue weighted by Gasteiger charge is 2.31. The van der Waals surface area contributed by atoms with E-state index in [4.69, 9.17) is 14.7 Å². The maximum atomic E-state index is 10.8. The van der Waals surface area contributed by atoms with Gasteiger partial charge in [0.15, 0.2) is 6.35 Å². The first-order chi connectivity index (χ1) is 6.16. The van der Waals surface area contributed by atoms with Crippen LogP contribution in [0.25, 0.3) is 0 Å². The molecule has 0 saturated carbocycles. The van der Waals surface area contributed by atoms with Gasteiger partial charge >= 0.3 is 21.4 Å². The third-order valence-corrected chi connectivity index (χ3v) is 3.10. The highest BCUT2D eigenvalue weighted by atomic mass is 31.3. The lowest BCUT2D eigenvalue weighted by atomic mass is 10.7. The summed E-state index contributed by atoms with van der Waals surface area (Å²) in [6.07, 6.45) is -0.430. The molecule has 1 unspecified atom stereocenters. The number of rotatable bonds is 5. The Bertz CT molecular complexity index is 315. The molecule has 0 aromatic heterocycles. The van der Waals surface area contributed by atoms with Crippen molar-refractivity contribution in [3.8, 4) is 0 Å². The molecule has 8 nitrogen and oxygen atoms in total. The molecule has 82 valence electrons.